The Labute approximate surface area is 154 Å². The van der Waals surface area contributed by atoms with Gasteiger partial charge in [-0.15, -0.1) is 0 Å². The lowest BCUT2D eigenvalue weighted by atomic mass is 10.1. The number of anilines is 2. The number of hydrogen-bond donors (Lipinski definition) is 2. The maximum atomic E-state index is 12.6. The van der Waals surface area contributed by atoms with Gasteiger partial charge in [-0.1, -0.05) is 19.1 Å². The summed E-state index contributed by atoms with van der Waals surface area (Å²) in [5.74, 6) is -0.116. The van der Waals surface area contributed by atoms with E-state index in [1.54, 1.807) is 25.1 Å². The number of fused-ring (bicyclic) bond motifs is 1. The van der Waals surface area contributed by atoms with Gasteiger partial charge in [-0.3, -0.25) is 9.52 Å². The molecule has 3 rings (SSSR count). The van der Waals surface area contributed by atoms with Crippen LogP contribution in [-0.4, -0.2) is 20.1 Å². The Morgan fingerprint density at radius 3 is 2.58 bits per heavy atom. The van der Waals surface area contributed by atoms with Crippen LogP contribution in [0.1, 0.15) is 46.8 Å². The molecule has 26 heavy (non-hydrogen) atoms. The first-order valence-electron chi connectivity index (χ1n) is 8.93. The SMILES string of the molecule is CCCS(=O)(=O)Nc1cccc(NC(=O)c2ccc3c(c2)CCC3)c1C. The van der Waals surface area contributed by atoms with Crippen molar-refractivity contribution < 1.29 is 13.2 Å². The third-order valence-corrected chi connectivity index (χ3v) is 6.16. The van der Waals surface area contributed by atoms with Crippen LogP contribution in [0.15, 0.2) is 36.4 Å². The van der Waals surface area contributed by atoms with Gasteiger partial charge < -0.3 is 5.32 Å². The highest BCUT2D eigenvalue weighted by molar-refractivity contribution is 7.92. The van der Waals surface area contributed by atoms with Gasteiger partial charge in [0.1, 0.15) is 0 Å². The summed E-state index contributed by atoms with van der Waals surface area (Å²) in [6, 6.07) is 11.0. The first-order chi connectivity index (χ1) is 12.4. The van der Waals surface area contributed by atoms with Crippen LogP contribution in [-0.2, 0) is 22.9 Å². The van der Waals surface area contributed by atoms with E-state index in [2.05, 4.69) is 10.0 Å². The first-order valence-corrected chi connectivity index (χ1v) is 10.6. The van der Waals surface area contributed by atoms with Crippen LogP contribution in [0.4, 0.5) is 11.4 Å². The standard InChI is InChI=1S/C20H24N2O3S/c1-3-12-26(24,25)22-19-9-5-8-18(14(19)2)21-20(23)17-11-10-15-6-4-7-16(15)13-17/h5,8-11,13,22H,3-4,6-7,12H2,1-2H3,(H,21,23). The highest BCUT2D eigenvalue weighted by atomic mass is 32.2. The lowest BCUT2D eigenvalue weighted by molar-refractivity contribution is 0.102. The van der Waals surface area contributed by atoms with E-state index in [9.17, 15) is 13.2 Å². The summed E-state index contributed by atoms with van der Waals surface area (Å²) in [6.07, 6.45) is 3.78. The topological polar surface area (TPSA) is 75.3 Å². The van der Waals surface area contributed by atoms with Gasteiger partial charge in [-0.2, -0.15) is 0 Å². The molecule has 0 radical (unpaired) electrons. The van der Waals surface area contributed by atoms with Crippen LogP contribution in [0, 0.1) is 6.92 Å². The van der Waals surface area contributed by atoms with Crippen LogP contribution < -0.4 is 10.0 Å². The minimum absolute atomic E-state index is 0.0676. The first kappa shape index (κ1) is 18.5. The Bertz CT molecular complexity index is 936. The second kappa shape index (κ2) is 7.50. The summed E-state index contributed by atoms with van der Waals surface area (Å²) >= 11 is 0. The molecular formula is C20H24N2O3S. The van der Waals surface area contributed by atoms with E-state index >= 15 is 0 Å². The number of aryl methyl sites for hydroxylation is 2. The highest BCUT2D eigenvalue weighted by Crippen LogP contribution is 2.26. The fourth-order valence-electron chi connectivity index (χ4n) is 3.28. The van der Waals surface area contributed by atoms with E-state index < -0.39 is 10.0 Å². The maximum Gasteiger partial charge on any atom is 0.255 e. The number of rotatable bonds is 6. The average Bonchev–Trinajstić information content (AvgIpc) is 3.05. The molecule has 1 amide bonds. The second-order valence-electron chi connectivity index (χ2n) is 6.69. The molecule has 5 nitrogen and oxygen atoms in total. The van der Waals surface area contributed by atoms with E-state index in [1.807, 2.05) is 25.1 Å². The predicted octanol–water partition coefficient (Wildman–Crippen LogP) is 3.89. The second-order valence-corrected chi connectivity index (χ2v) is 8.53. The van der Waals surface area contributed by atoms with Crippen molar-refractivity contribution in [3.05, 3.63) is 58.7 Å². The largest absolute Gasteiger partial charge is 0.322 e. The van der Waals surface area contributed by atoms with Gasteiger partial charge in [-0.05, 0) is 73.6 Å². The molecule has 0 aliphatic heterocycles. The Balaban J connectivity index is 1.79. The van der Waals surface area contributed by atoms with Crippen LogP contribution in [0.5, 0.6) is 0 Å². The molecular weight excluding hydrogens is 348 g/mol. The van der Waals surface area contributed by atoms with E-state index in [1.165, 1.54) is 11.1 Å². The smallest absolute Gasteiger partial charge is 0.255 e. The van der Waals surface area contributed by atoms with Gasteiger partial charge >= 0.3 is 0 Å². The molecule has 0 aromatic heterocycles. The van der Waals surface area contributed by atoms with E-state index in [0.29, 0.717) is 28.9 Å². The molecule has 0 saturated heterocycles. The summed E-state index contributed by atoms with van der Waals surface area (Å²) in [4.78, 5) is 12.6. The van der Waals surface area contributed by atoms with E-state index in [0.717, 1.165) is 19.3 Å². The normalized spacial score (nSPS) is 13.3. The summed E-state index contributed by atoms with van der Waals surface area (Å²) in [6.45, 7) is 3.61. The maximum absolute atomic E-state index is 12.6. The summed E-state index contributed by atoms with van der Waals surface area (Å²) in [5, 5.41) is 2.90. The van der Waals surface area contributed by atoms with Gasteiger partial charge in [0.05, 0.1) is 11.4 Å². The molecule has 1 aliphatic carbocycles. The van der Waals surface area contributed by atoms with Crippen molar-refractivity contribution in [2.45, 2.75) is 39.5 Å². The van der Waals surface area contributed by atoms with Crippen molar-refractivity contribution in [2.24, 2.45) is 0 Å². The van der Waals surface area contributed by atoms with Crippen LogP contribution in [0.3, 0.4) is 0 Å². The minimum atomic E-state index is -3.37. The number of nitrogens with one attached hydrogen (secondary N) is 2. The van der Waals surface area contributed by atoms with Crippen molar-refractivity contribution in [1.29, 1.82) is 0 Å². The van der Waals surface area contributed by atoms with Crippen LogP contribution in [0.25, 0.3) is 0 Å². The van der Waals surface area contributed by atoms with E-state index in [-0.39, 0.29) is 11.7 Å². The molecule has 0 bridgehead atoms. The molecule has 0 spiro atoms. The van der Waals surface area contributed by atoms with Crippen molar-refractivity contribution in [1.82, 2.24) is 0 Å². The third kappa shape index (κ3) is 4.07. The number of hydrogen-bond acceptors (Lipinski definition) is 3. The Morgan fingerprint density at radius 1 is 1.08 bits per heavy atom. The number of carbonyl (C=O) groups excluding carboxylic acids is 1. The molecule has 0 fully saturated rings. The number of amides is 1. The summed E-state index contributed by atoms with van der Waals surface area (Å²) in [7, 11) is -3.37. The molecule has 2 N–H and O–H groups in total. The monoisotopic (exact) mass is 372 g/mol. The molecule has 2 aromatic rings. The quantitative estimate of drug-likeness (QED) is 0.808. The Hall–Kier alpha value is -2.34. The Morgan fingerprint density at radius 2 is 1.81 bits per heavy atom. The highest BCUT2D eigenvalue weighted by Gasteiger charge is 2.16. The number of benzene rings is 2. The molecule has 2 aromatic carbocycles. The zero-order valence-corrected chi connectivity index (χ0v) is 15.9. The molecule has 0 heterocycles. The zero-order valence-electron chi connectivity index (χ0n) is 15.1. The molecule has 138 valence electrons. The van der Waals surface area contributed by atoms with E-state index in [4.69, 9.17) is 0 Å². The molecule has 0 atom stereocenters. The summed E-state index contributed by atoms with van der Waals surface area (Å²) < 4.78 is 26.6. The number of sulfonamides is 1. The molecule has 6 heteroatoms. The number of carbonyl (C=O) groups is 1. The summed E-state index contributed by atoms with van der Waals surface area (Å²) in [5.41, 5.74) is 4.99. The van der Waals surface area contributed by atoms with Crippen molar-refractivity contribution >= 4 is 27.3 Å². The molecule has 1 aliphatic rings. The average molecular weight is 372 g/mol. The van der Waals surface area contributed by atoms with Crippen molar-refractivity contribution in [3.63, 3.8) is 0 Å². The van der Waals surface area contributed by atoms with Gasteiger partial charge in [0.15, 0.2) is 0 Å². The molecule has 0 unspecified atom stereocenters. The lowest BCUT2D eigenvalue weighted by Crippen LogP contribution is -2.18. The van der Waals surface area contributed by atoms with Crippen LogP contribution >= 0.6 is 0 Å². The van der Waals surface area contributed by atoms with Gasteiger partial charge in [0.2, 0.25) is 10.0 Å². The fraction of sp³-hybridized carbons (Fsp3) is 0.350. The Kier molecular flexibility index (Phi) is 5.32. The van der Waals surface area contributed by atoms with Crippen molar-refractivity contribution in [3.8, 4) is 0 Å². The molecule has 0 saturated carbocycles. The third-order valence-electron chi connectivity index (χ3n) is 4.68. The van der Waals surface area contributed by atoms with Crippen molar-refractivity contribution in [2.75, 3.05) is 15.8 Å². The predicted molar refractivity (Wildman–Crippen MR) is 105 cm³/mol. The van der Waals surface area contributed by atoms with Crippen LogP contribution in [0.2, 0.25) is 0 Å². The van der Waals surface area contributed by atoms with Gasteiger partial charge in [0.25, 0.3) is 5.91 Å². The zero-order chi connectivity index (χ0) is 18.7. The fourth-order valence-corrected chi connectivity index (χ4v) is 4.47. The van der Waals surface area contributed by atoms with Gasteiger partial charge in [-0.25, -0.2) is 8.42 Å². The minimum Gasteiger partial charge on any atom is -0.322 e. The lowest BCUT2D eigenvalue weighted by Gasteiger charge is -2.14. The van der Waals surface area contributed by atoms with Gasteiger partial charge in [0, 0.05) is 11.3 Å².